The number of ether oxygens (including phenoxy) is 1. The van der Waals surface area contributed by atoms with Gasteiger partial charge in [-0.3, -0.25) is 14.9 Å². The van der Waals surface area contributed by atoms with Crippen LogP contribution in [-0.4, -0.2) is 41.4 Å². The van der Waals surface area contributed by atoms with Crippen molar-refractivity contribution in [1.29, 1.82) is 0 Å². The normalized spacial score (nSPS) is 19.5. The van der Waals surface area contributed by atoms with Crippen molar-refractivity contribution in [2.24, 2.45) is 0 Å². The first kappa shape index (κ1) is 20.5. The Bertz CT molecular complexity index is 1310. The summed E-state index contributed by atoms with van der Waals surface area (Å²) in [5, 5.41) is 4.77. The molecule has 1 saturated heterocycles. The molecule has 2 aliphatic heterocycles. The maximum atomic E-state index is 14.7. The predicted octanol–water partition coefficient (Wildman–Crippen LogP) is 1.76. The van der Waals surface area contributed by atoms with Crippen LogP contribution >= 0.6 is 0 Å². The second-order valence-corrected chi connectivity index (χ2v) is 7.73. The Morgan fingerprint density at radius 1 is 1.21 bits per heavy atom. The SMILES string of the molecule is COc1ccc2c(c1F)C(=O)N(C[C@@]1(c3ccc(-c4ccc(N)nc4)o3)NC(=O)NC1=O)C2. The molecule has 0 spiro atoms. The molecular formula is C22H18FN5O5. The van der Waals surface area contributed by atoms with E-state index in [-0.39, 0.29) is 30.2 Å². The lowest BCUT2D eigenvalue weighted by Crippen LogP contribution is -2.52. The summed E-state index contributed by atoms with van der Waals surface area (Å²) in [6, 6.07) is 8.74. The van der Waals surface area contributed by atoms with Gasteiger partial charge >= 0.3 is 6.03 Å². The zero-order chi connectivity index (χ0) is 23.3. The lowest BCUT2D eigenvalue weighted by Gasteiger charge is -2.29. The zero-order valence-corrected chi connectivity index (χ0v) is 17.3. The number of halogens is 1. The number of anilines is 1. The van der Waals surface area contributed by atoms with Crippen LogP contribution in [0.5, 0.6) is 5.75 Å². The zero-order valence-electron chi connectivity index (χ0n) is 17.3. The van der Waals surface area contributed by atoms with Crippen LogP contribution in [0.25, 0.3) is 11.3 Å². The average molecular weight is 451 g/mol. The molecular weight excluding hydrogens is 433 g/mol. The van der Waals surface area contributed by atoms with E-state index in [0.29, 0.717) is 22.7 Å². The molecule has 5 rings (SSSR count). The molecule has 33 heavy (non-hydrogen) atoms. The molecule has 11 heteroatoms. The molecule has 0 bridgehead atoms. The van der Waals surface area contributed by atoms with Crippen molar-refractivity contribution in [1.82, 2.24) is 20.5 Å². The minimum absolute atomic E-state index is 0.0510. The van der Waals surface area contributed by atoms with Gasteiger partial charge in [-0.25, -0.2) is 14.2 Å². The van der Waals surface area contributed by atoms with E-state index >= 15 is 0 Å². The number of imide groups is 1. The van der Waals surface area contributed by atoms with Gasteiger partial charge in [0.1, 0.15) is 17.3 Å². The Morgan fingerprint density at radius 3 is 2.70 bits per heavy atom. The van der Waals surface area contributed by atoms with E-state index in [0.717, 1.165) is 0 Å². The molecule has 2 aromatic heterocycles. The maximum absolute atomic E-state index is 14.7. The summed E-state index contributed by atoms with van der Waals surface area (Å²) in [4.78, 5) is 43.3. The average Bonchev–Trinajstić information content (AvgIpc) is 3.47. The first-order valence-corrected chi connectivity index (χ1v) is 9.93. The molecule has 0 unspecified atom stereocenters. The number of carbonyl (C=O) groups is 3. The fourth-order valence-electron chi connectivity index (χ4n) is 4.09. The Labute approximate surface area is 186 Å². The summed E-state index contributed by atoms with van der Waals surface area (Å²) in [6.45, 7) is -0.220. The van der Waals surface area contributed by atoms with E-state index in [4.69, 9.17) is 14.9 Å². The molecule has 2 aliphatic rings. The highest BCUT2D eigenvalue weighted by molar-refractivity contribution is 6.08. The molecule has 4 heterocycles. The second kappa shape index (κ2) is 7.33. The van der Waals surface area contributed by atoms with Crippen molar-refractivity contribution < 1.29 is 27.9 Å². The number of aromatic nitrogens is 1. The summed E-state index contributed by atoms with van der Waals surface area (Å²) in [7, 11) is 1.31. The molecule has 1 aromatic carbocycles. The van der Waals surface area contributed by atoms with Crippen LogP contribution in [-0.2, 0) is 16.9 Å². The van der Waals surface area contributed by atoms with Gasteiger partial charge in [-0.2, -0.15) is 0 Å². The van der Waals surface area contributed by atoms with Crippen molar-refractivity contribution in [2.45, 2.75) is 12.1 Å². The number of urea groups is 1. The van der Waals surface area contributed by atoms with Gasteiger partial charge < -0.3 is 25.1 Å². The Balaban J connectivity index is 1.51. The van der Waals surface area contributed by atoms with Crippen LogP contribution in [0.15, 0.2) is 47.0 Å². The number of fused-ring (bicyclic) bond motifs is 1. The van der Waals surface area contributed by atoms with Crippen LogP contribution in [0, 0.1) is 5.82 Å². The van der Waals surface area contributed by atoms with Gasteiger partial charge in [0.2, 0.25) is 0 Å². The van der Waals surface area contributed by atoms with E-state index in [9.17, 15) is 18.8 Å². The van der Waals surface area contributed by atoms with E-state index in [2.05, 4.69) is 15.6 Å². The Hall–Kier alpha value is -4.41. The quantitative estimate of drug-likeness (QED) is 0.502. The van der Waals surface area contributed by atoms with E-state index in [1.165, 1.54) is 30.3 Å². The van der Waals surface area contributed by atoms with Gasteiger partial charge in [0.05, 0.1) is 19.2 Å². The van der Waals surface area contributed by atoms with Crippen LogP contribution in [0.1, 0.15) is 21.7 Å². The summed E-state index contributed by atoms with van der Waals surface area (Å²) >= 11 is 0. The van der Waals surface area contributed by atoms with Gasteiger partial charge in [-0.15, -0.1) is 0 Å². The second-order valence-electron chi connectivity index (χ2n) is 7.73. The number of rotatable bonds is 5. The number of carbonyl (C=O) groups excluding carboxylic acids is 3. The molecule has 168 valence electrons. The van der Waals surface area contributed by atoms with Crippen molar-refractivity contribution in [2.75, 3.05) is 19.4 Å². The number of methoxy groups -OCH3 is 1. The number of amides is 4. The maximum Gasteiger partial charge on any atom is 0.322 e. The standard InChI is InChI=1S/C22H18FN5O5/c1-32-14-4-2-12-9-28(19(29)17(12)18(14)23)10-22(20(30)26-21(31)27-22)15-6-5-13(33-15)11-3-7-16(24)25-8-11/h2-8H,9-10H2,1H3,(H2,24,25)(H2,26,27,30,31)/t22-/m0/s1. The monoisotopic (exact) mass is 451 g/mol. The fourth-order valence-corrected chi connectivity index (χ4v) is 4.09. The third-order valence-corrected chi connectivity index (χ3v) is 5.74. The lowest BCUT2D eigenvalue weighted by molar-refractivity contribution is -0.125. The lowest BCUT2D eigenvalue weighted by atomic mass is 9.95. The third-order valence-electron chi connectivity index (χ3n) is 5.74. The number of benzene rings is 1. The summed E-state index contributed by atoms with van der Waals surface area (Å²) in [6.07, 6.45) is 1.51. The molecule has 1 atom stereocenters. The minimum Gasteiger partial charge on any atom is -0.494 e. The van der Waals surface area contributed by atoms with Crippen molar-refractivity contribution in [3.05, 3.63) is 65.3 Å². The number of furan rings is 1. The summed E-state index contributed by atoms with van der Waals surface area (Å²) in [5.41, 5.74) is 4.85. The highest BCUT2D eigenvalue weighted by Crippen LogP contribution is 2.36. The van der Waals surface area contributed by atoms with Crippen molar-refractivity contribution >= 4 is 23.7 Å². The number of hydrogen-bond acceptors (Lipinski definition) is 7. The molecule has 10 nitrogen and oxygen atoms in total. The summed E-state index contributed by atoms with van der Waals surface area (Å²) < 4.78 is 25.6. The Kier molecular flexibility index (Phi) is 4.55. The van der Waals surface area contributed by atoms with Crippen LogP contribution < -0.4 is 21.1 Å². The number of nitrogen functional groups attached to an aromatic ring is 1. The van der Waals surface area contributed by atoms with Crippen molar-refractivity contribution in [3.8, 4) is 17.1 Å². The first-order valence-electron chi connectivity index (χ1n) is 9.93. The van der Waals surface area contributed by atoms with E-state index < -0.39 is 29.2 Å². The molecule has 3 aromatic rings. The van der Waals surface area contributed by atoms with Gasteiger partial charge in [0.25, 0.3) is 11.8 Å². The molecule has 4 amide bonds. The van der Waals surface area contributed by atoms with Gasteiger partial charge in [-0.1, -0.05) is 6.07 Å². The largest absolute Gasteiger partial charge is 0.494 e. The molecule has 0 aliphatic carbocycles. The van der Waals surface area contributed by atoms with Gasteiger partial charge in [0, 0.05) is 18.3 Å². The predicted molar refractivity (Wildman–Crippen MR) is 112 cm³/mol. The number of pyridine rings is 1. The summed E-state index contributed by atoms with van der Waals surface area (Å²) in [5.74, 6) is -1.31. The van der Waals surface area contributed by atoms with Crippen LogP contribution in [0.4, 0.5) is 15.0 Å². The highest BCUT2D eigenvalue weighted by Gasteiger charge is 2.53. The third kappa shape index (κ3) is 3.16. The fraction of sp³-hybridized carbons (Fsp3) is 0.182. The number of nitrogens with zero attached hydrogens (tertiary/aromatic N) is 2. The van der Waals surface area contributed by atoms with E-state index in [1.54, 1.807) is 24.3 Å². The minimum atomic E-state index is -1.70. The number of nitrogens with one attached hydrogen (secondary N) is 2. The Morgan fingerprint density at radius 2 is 2.03 bits per heavy atom. The molecule has 0 radical (unpaired) electrons. The van der Waals surface area contributed by atoms with Gasteiger partial charge in [-0.05, 0) is 35.9 Å². The molecule has 1 fully saturated rings. The first-order chi connectivity index (χ1) is 15.8. The highest BCUT2D eigenvalue weighted by atomic mass is 19.1. The van der Waals surface area contributed by atoms with Crippen molar-refractivity contribution in [3.63, 3.8) is 0 Å². The van der Waals surface area contributed by atoms with Crippen LogP contribution in [0.3, 0.4) is 0 Å². The van der Waals surface area contributed by atoms with Crippen LogP contribution in [0.2, 0.25) is 0 Å². The van der Waals surface area contributed by atoms with E-state index in [1.807, 2.05) is 0 Å². The molecule has 4 N–H and O–H groups in total. The van der Waals surface area contributed by atoms with Gasteiger partial charge in [0.15, 0.2) is 17.1 Å². The number of hydrogen-bond donors (Lipinski definition) is 3. The smallest absolute Gasteiger partial charge is 0.322 e. The topological polar surface area (TPSA) is 140 Å². The molecule has 0 saturated carbocycles. The number of nitrogens with two attached hydrogens (primary N) is 1.